The zero-order valence-electron chi connectivity index (χ0n) is 22.9. The zero-order chi connectivity index (χ0) is 29.8. The molecule has 1 fully saturated rings. The molecule has 13 nitrogen and oxygen atoms in total. The van der Waals surface area contributed by atoms with E-state index in [-0.39, 0.29) is 23.3 Å². The summed E-state index contributed by atoms with van der Waals surface area (Å²) in [5.41, 5.74) is 1.58. The van der Waals surface area contributed by atoms with Crippen molar-refractivity contribution in [2.45, 2.75) is 62.7 Å². The van der Waals surface area contributed by atoms with E-state index in [1.165, 1.54) is 11.5 Å². The van der Waals surface area contributed by atoms with Crippen molar-refractivity contribution in [3.63, 3.8) is 0 Å². The third kappa shape index (κ3) is 6.95. The van der Waals surface area contributed by atoms with Gasteiger partial charge in [-0.2, -0.15) is 0 Å². The van der Waals surface area contributed by atoms with E-state index in [2.05, 4.69) is 9.98 Å². The van der Waals surface area contributed by atoms with Crippen LogP contribution in [0.25, 0.3) is 11.6 Å². The maximum absolute atomic E-state index is 12.1. The van der Waals surface area contributed by atoms with E-state index in [0.29, 0.717) is 0 Å². The number of benzene rings is 1. The van der Waals surface area contributed by atoms with Crippen LogP contribution in [0.2, 0.25) is 0 Å². The molecule has 14 heteroatoms. The van der Waals surface area contributed by atoms with Crippen LogP contribution in [0.4, 0.5) is 5.69 Å². The van der Waals surface area contributed by atoms with Gasteiger partial charge in [-0.15, -0.1) is 0 Å². The number of carbonyl (C=O) groups is 4. The van der Waals surface area contributed by atoms with E-state index in [1.807, 2.05) is 24.3 Å². The maximum atomic E-state index is 12.1. The number of allylic oxidation sites excluding steroid dienone is 1. The molecule has 1 saturated heterocycles. The second-order valence-electron chi connectivity index (χ2n) is 9.22. The van der Waals surface area contributed by atoms with Gasteiger partial charge in [0.2, 0.25) is 5.88 Å². The number of hydrogen-bond donors (Lipinski definition) is 1. The van der Waals surface area contributed by atoms with Crippen LogP contribution in [-0.2, 0) is 49.9 Å². The van der Waals surface area contributed by atoms with Gasteiger partial charge >= 0.3 is 23.9 Å². The Morgan fingerprint density at radius 1 is 0.976 bits per heavy atom. The van der Waals surface area contributed by atoms with E-state index in [0.717, 1.165) is 49.4 Å². The first kappa shape index (κ1) is 29.8. The Hall–Kier alpha value is -4.17. The number of aromatic nitrogens is 2. The molecule has 1 N–H and O–H groups in total. The predicted molar refractivity (Wildman–Crippen MR) is 145 cm³/mol. The van der Waals surface area contributed by atoms with Crippen molar-refractivity contribution in [1.29, 1.82) is 0 Å². The van der Waals surface area contributed by atoms with Gasteiger partial charge < -0.3 is 28.8 Å². The number of imidazole rings is 1. The quantitative estimate of drug-likeness (QED) is 0.355. The smallest absolute Gasteiger partial charge is 0.303 e. The Morgan fingerprint density at radius 3 is 2.27 bits per heavy atom. The Balaban J connectivity index is 1.70. The van der Waals surface area contributed by atoms with Crippen molar-refractivity contribution in [2.24, 2.45) is 12.0 Å². The third-order valence-corrected chi connectivity index (χ3v) is 7.26. The van der Waals surface area contributed by atoms with E-state index in [9.17, 15) is 24.3 Å². The summed E-state index contributed by atoms with van der Waals surface area (Å²) < 4.78 is 29.0. The second kappa shape index (κ2) is 12.6. The number of ether oxygens (including phenoxy) is 5. The lowest BCUT2D eigenvalue weighted by Gasteiger charge is -2.43. The first-order valence-corrected chi connectivity index (χ1v) is 13.4. The number of aliphatic imine (C=N–C) groups is 1. The largest absolute Gasteiger partial charge is 0.493 e. The molecule has 218 valence electrons. The molecular weight excluding hydrogens is 558 g/mol. The lowest BCUT2D eigenvalue weighted by Crippen LogP contribution is -2.61. The molecule has 0 saturated carbocycles. The summed E-state index contributed by atoms with van der Waals surface area (Å²) in [6.45, 7) is 4.30. The highest BCUT2D eigenvalue weighted by atomic mass is 32.2. The summed E-state index contributed by atoms with van der Waals surface area (Å²) in [5.74, 6) is -2.94. The number of para-hydroxylation sites is 1. The monoisotopic (exact) mass is 587 g/mol. The first-order chi connectivity index (χ1) is 19.4. The molecule has 2 aromatic rings. The Labute approximate surface area is 239 Å². The fourth-order valence-corrected chi connectivity index (χ4v) is 5.53. The lowest BCUT2D eigenvalue weighted by molar-refractivity contribution is -0.237. The fourth-order valence-electron chi connectivity index (χ4n) is 4.38. The molecular formula is C27H29N3O10S. The number of esters is 4. The molecule has 0 unspecified atom stereocenters. The van der Waals surface area contributed by atoms with Crippen molar-refractivity contribution in [2.75, 3.05) is 6.61 Å². The fraction of sp³-hybridized carbons (Fsp3) is 0.407. The molecule has 2 aliphatic heterocycles. The number of thioether (sulfide) groups is 1. The molecule has 5 atom stereocenters. The second-order valence-corrected chi connectivity index (χ2v) is 10.3. The van der Waals surface area contributed by atoms with Gasteiger partial charge in [-0.3, -0.25) is 28.7 Å². The van der Waals surface area contributed by atoms with Crippen molar-refractivity contribution < 1.29 is 48.0 Å². The summed E-state index contributed by atoms with van der Waals surface area (Å²) in [6.07, 6.45) is -1.60. The van der Waals surface area contributed by atoms with Crippen LogP contribution >= 0.6 is 11.8 Å². The van der Waals surface area contributed by atoms with E-state index < -0.39 is 53.7 Å². The SMILES string of the molecule is CC(=O)OC[C@H]1O[C@@H](Sc2nc(/C=C3/C=Nc4ccccc43)c(O)n2C)[C@H](OC(C)=O)[C@@H](OC(C)=O)[C@@H]1OC(C)=O. The van der Waals surface area contributed by atoms with Gasteiger partial charge in [0.15, 0.2) is 28.9 Å². The molecule has 0 aliphatic carbocycles. The summed E-state index contributed by atoms with van der Waals surface area (Å²) in [4.78, 5) is 56.6. The molecule has 0 amide bonds. The molecule has 3 heterocycles. The summed E-state index contributed by atoms with van der Waals surface area (Å²) in [6, 6.07) is 7.53. The Kier molecular flexibility index (Phi) is 9.13. The highest BCUT2D eigenvalue weighted by Gasteiger charge is 2.52. The van der Waals surface area contributed by atoms with Crippen molar-refractivity contribution in [1.82, 2.24) is 9.55 Å². The molecule has 0 radical (unpaired) electrons. The predicted octanol–water partition coefficient (Wildman–Crippen LogP) is 2.56. The Bertz CT molecular complexity index is 1420. The van der Waals surface area contributed by atoms with Crippen molar-refractivity contribution >= 4 is 59.2 Å². The van der Waals surface area contributed by atoms with Crippen molar-refractivity contribution in [3.05, 3.63) is 35.5 Å². The maximum Gasteiger partial charge on any atom is 0.303 e. The minimum atomic E-state index is -1.31. The van der Waals surface area contributed by atoms with Gasteiger partial charge in [-0.05, 0) is 12.1 Å². The number of aromatic hydroxyl groups is 1. The van der Waals surface area contributed by atoms with Crippen LogP contribution in [0.15, 0.2) is 34.4 Å². The molecule has 1 aromatic heterocycles. The van der Waals surface area contributed by atoms with Gasteiger partial charge in [0.1, 0.15) is 18.4 Å². The average Bonchev–Trinajstić information content (AvgIpc) is 3.42. The topological polar surface area (TPSA) is 165 Å². The standard InChI is InChI=1S/C27H29N3O10S/c1-13(31)36-12-21-22(37-14(2)32)23(38-15(3)33)24(39-16(4)34)26(40-21)41-27-29-20(25(35)30(27)5)10-17-11-28-19-9-7-6-8-18(17)19/h6-11,21-24,26,35H,12H2,1-5H3/b17-10-/t21-,22-,23+,24-,26+/m1/s1. The number of carbonyl (C=O) groups excluding carboxylic acids is 4. The van der Waals surface area contributed by atoms with Crippen LogP contribution < -0.4 is 0 Å². The number of nitrogens with zero attached hydrogens (tertiary/aromatic N) is 3. The van der Waals surface area contributed by atoms with E-state index in [4.69, 9.17) is 23.7 Å². The van der Waals surface area contributed by atoms with Crippen LogP contribution in [0, 0.1) is 0 Å². The molecule has 41 heavy (non-hydrogen) atoms. The zero-order valence-corrected chi connectivity index (χ0v) is 23.7. The highest BCUT2D eigenvalue weighted by molar-refractivity contribution is 7.99. The van der Waals surface area contributed by atoms with Gasteiger partial charge in [0.05, 0.1) is 5.69 Å². The summed E-state index contributed by atoms with van der Waals surface area (Å²) >= 11 is 0.967. The minimum absolute atomic E-state index is 0.150. The van der Waals surface area contributed by atoms with Gasteiger partial charge in [-0.1, -0.05) is 30.0 Å². The van der Waals surface area contributed by atoms with Crippen molar-refractivity contribution in [3.8, 4) is 5.88 Å². The van der Waals surface area contributed by atoms with Crippen LogP contribution in [0.1, 0.15) is 39.0 Å². The highest BCUT2D eigenvalue weighted by Crippen LogP contribution is 2.39. The molecule has 0 bridgehead atoms. The van der Waals surface area contributed by atoms with Crippen LogP contribution in [-0.4, -0.2) is 81.2 Å². The van der Waals surface area contributed by atoms with E-state index in [1.54, 1.807) is 19.3 Å². The van der Waals surface area contributed by atoms with Crippen LogP contribution in [0.3, 0.4) is 0 Å². The Morgan fingerprint density at radius 2 is 1.61 bits per heavy atom. The average molecular weight is 588 g/mol. The summed E-state index contributed by atoms with van der Waals surface area (Å²) in [7, 11) is 1.58. The number of hydrogen-bond acceptors (Lipinski definition) is 13. The first-order valence-electron chi connectivity index (χ1n) is 12.5. The lowest BCUT2D eigenvalue weighted by atomic mass is 9.99. The minimum Gasteiger partial charge on any atom is -0.493 e. The van der Waals surface area contributed by atoms with Gasteiger partial charge in [0, 0.05) is 52.1 Å². The van der Waals surface area contributed by atoms with Crippen LogP contribution in [0.5, 0.6) is 5.88 Å². The molecule has 4 rings (SSSR count). The molecule has 0 spiro atoms. The normalized spacial score (nSPS) is 24.0. The van der Waals surface area contributed by atoms with Gasteiger partial charge in [-0.25, -0.2) is 4.98 Å². The third-order valence-electron chi connectivity index (χ3n) is 6.07. The molecule has 2 aliphatic rings. The van der Waals surface area contributed by atoms with Gasteiger partial charge in [0.25, 0.3) is 0 Å². The van der Waals surface area contributed by atoms with E-state index >= 15 is 0 Å². The molecule has 1 aromatic carbocycles. The summed E-state index contributed by atoms with van der Waals surface area (Å²) in [5, 5.41) is 11.1. The number of fused-ring (bicyclic) bond motifs is 1. The number of rotatable bonds is 8.